The van der Waals surface area contributed by atoms with Crippen LogP contribution in [0.1, 0.15) is 21.8 Å². The van der Waals surface area contributed by atoms with E-state index in [1.54, 1.807) is 25.1 Å². The summed E-state index contributed by atoms with van der Waals surface area (Å²) in [5.41, 5.74) is 1.65. The maximum atomic E-state index is 11.7. The summed E-state index contributed by atoms with van der Waals surface area (Å²) in [5, 5.41) is 14.9. The Morgan fingerprint density at radius 1 is 1.32 bits per heavy atom. The molecule has 0 unspecified atom stereocenters. The Hall–Kier alpha value is -2.83. The molecule has 0 fully saturated rings. The molecule has 0 bridgehead atoms. The topological polar surface area (TPSA) is 102 Å². The fraction of sp³-hybridized carbons (Fsp3) is 0.267. The van der Waals surface area contributed by atoms with Gasteiger partial charge in [0.1, 0.15) is 5.75 Å². The number of aromatic nitrogens is 1. The predicted molar refractivity (Wildman–Crippen MR) is 76.9 cm³/mol. The smallest absolute Gasteiger partial charge is 0.341 e. The lowest BCUT2D eigenvalue weighted by Crippen LogP contribution is -2.25. The average Bonchev–Trinajstić information content (AvgIpc) is 2.93. The van der Waals surface area contributed by atoms with Crippen molar-refractivity contribution < 1.29 is 24.0 Å². The van der Waals surface area contributed by atoms with Gasteiger partial charge in [0, 0.05) is 12.6 Å². The highest BCUT2D eigenvalue weighted by atomic mass is 16.5. The largest absolute Gasteiger partial charge is 0.482 e. The summed E-state index contributed by atoms with van der Waals surface area (Å²) in [7, 11) is 0. The van der Waals surface area contributed by atoms with Gasteiger partial charge in [-0.2, -0.15) is 0 Å². The number of carboxylic acids is 1. The summed E-state index contributed by atoms with van der Waals surface area (Å²) in [4.78, 5) is 22.1. The zero-order chi connectivity index (χ0) is 15.9. The van der Waals surface area contributed by atoms with Crippen LogP contribution in [0.25, 0.3) is 0 Å². The van der Waals surface area contributed by atoms with Crippen LogP contribution >= 0.6 is 0 Å². The van der Waals surface area contributed by atoms with Gasteiger partial charge in [0.15, 0.2) is 6.61 Å². The summed E-state index contributed by atoms with van der Waals surface area (Å²) in [6.07, 6.45) is 0.637. The lowest BCUT2D eigenvalue weighted by Gasteiger charge is -2.06. The van der Waals surface area contributed by atoms with Gasteiger partial charge in [-0.15, -0.1) is 0 Å². The minimum Gasteiger partial charge on any atom is -0.482 e. The fourth-order valence-corrected chi connectivity index (χ4v) is 1.78. The molecule has 0 radical (unpaired) electrons. The van der Waals surface area contributed by atoms with E-state index in [9.17, 15) is 9.59 Å². The second-order valence-electron chi connectivity index (χ2n) is 4.66. The summed E-state index contributed by atoms with van der Waals surface area (Å²) in [5.74, 6) is -0.640. The predicted octanol–water partition coefficient (Wildman–Crippen LogP) is 1.42. The zero-order valence-corrected chi connectivity index (χ0v) is 12.0. The number of carbonyl (C=O) groups is 2. The van der Waals surface area contributed by atoms with E-state index in [0.717, 1.165) is 5.56 Å². The molecule has 7 nitrogen and oxygen atoms in total. The molecular formula is C15H16N2O5. The number of carboxylic acid groups (broad SMARTS) is 1. The first-order chi connectivity index (χ1) is 10.5. The van der Waals surface area contributed by atoms with Gasteiger partial charge < -0.3 is 19.7 Å². The van der Waals surface area contributed by atoms with Crippen LogP contribution in [0.15, 0.2) is 34.9 Å². The highest BCUT2D eigenvalue weighted by Crippen LogP contribution is 2.12. The molecule has 0 aliphatic rings. The van der Waals surface area contributed by atoms with E-state index in [4.69, 9.17) is 14.4 Å². The van der Waals surface area contributed by atoms with Crippen molar-refractivity contribution >= 4 is 11.9 Å². The molecule has 0 atom stereocenters. The third-order valence-electron chi connectivity index (χ3n) is 2.84. The molecule has 2 N–H and O–H groups in total. The second kappa shape index (κ2) is 7.26. The quantitative estimate of drug-likeness (QED) is 0.802. The van der Waals surface area contributed by atoms with Crippen LogP contribution in [0, 0.1) is 6.92 Å². The lowest BCUT2D eigenvalue weighted by molar-refractivity contribution is -0.139. The minimum absolute atomic E-state index is 0.190. The van der Waals surface area contributed by atoms with E-state index in [-0.39, 0.29) is 18.3 Å². The third-order valence-corrected chi connectivity index (χ3v) is 2.84. The average molecular weight is 304 g/mol. The van der Waals surface area contributed by atoms with E-state index >= 15 is 0 Å². The lowest BCUT2D eigenvalue weighted by atomic mass is 10.1. The van der Waals surface area contributed by atoms with Crippen molar-refractivity contribution in [2.45, 2.75) is 13.3 Å². The van der Waals surface area contributed by atoms with Crippen molar-refractivity contribution in [2.75, 3.05) is 13.2 Å². The standard InChI is InChI=1S/C15H16N2O5/c1-10-8-13(22-17-10)15(20)16-7-6-11-2-4-12(5-3-11)21-9-14(18)19/h2-5,8H,6-7,9H2,1H3,(H,16,20)(H,18,19). The first-order valence-electron chi connectivity index (χ1n) is 6.69. The van der Waals surface area contributed by atoms with Gasteiger partial charge in [-0.25, -0.2) is 4.79 Å². The van der Waals surface area contributed by atoms with E-state index in [1.165, 1.54) is 0 Å². The van der Waals surface area contributed by atoms with Gasteiger partial charge in [0.25, 0.3) is 5.91 Å². The highest BCUT2D eigenvalue weighted by Gasteiger charge is 2.10. The molecule has 22 heavy (non-hydrogen) atoms. The molecule has 1 heterocycles. The van der Waals surface area contributed by atoms with Gasteiger partial charge in [0.05, 0.1) is 5.69 Å². The van der Waals surface area contributed by atoms with Crippen molar-refractivity contribution in [1.82, 2.24) is 10.5 Å². The minimum atomic E-state index is -1.02. The molecule has 2 rings (SSSR count). The van der Waals surface area contributed by atoms with Crippen LogP contribution in [0.4, 0.5) is 0 Å². The normalized spacial score (nSPS) is 10.2. The Morgan fingerprint density at radius 3 is 2.64 bits per heavy atom. The highest BCUT2D eigenvalue weighted by molar-refractivity contribution is 5.91. The van der Waals surface area contributed by atoms with Crippen molar-refractivity contribution in [3.8, 4) is 5.75 Å². The molecule has 0 aliphatic heterocycles. The summed E-state index contributed by atoms with van der Waals surface area (Å²) >= 11 is 0. The van der Waals surface area contributed by atoms with Gasteiger partial charge >= 0.3 is 5.97 Å². The Morgan fingerprint density at radius 2 is 2.05 bits per heavy atom. The number of hydrogen-bond acceptors (Lipinski definition) is 5. The number of rotatable bonds is 7. The van der Waals surface area contributed by atoms with Crippen LogP contribution in [-0.2, 0) is 11.2 Å². The van der Waals surface area contributed by atoms with Crippen molar-refractivity contribution in [2.24, 2.45) is 0 Å². The Balaban J connectivity index is 1.77. The zero-order valence-electron chi connectivity index (χ0n) is 12.0. The van der Waals surface area contributed by atoms with E-state index < -0.39 is 5.97 Å². The molecular weight excluding hydrogens is 288 g/mol. The molecule has 1 amide bonds. The monoisotopic (exact) mass is 304 g/mol. The number of nitrogens with zero attached hydrogens (tertiary/aromatic N) is 1. The first-order valence-corrected chi connectivity index (χ1v) is 6.69. The fourth-order valence-electron chi connectivity index (χ4n) is 1.78. The molecule has 0 saturated carbocycles. The third kappa shape index (κ3) is 4.62. The van der Waals surface area contributed by atoms with Crippen LogP contribution in [0.5, 0.6) is 5.75 Å². The van der Waals surface area contributed by atoms with Crippen LogP contribution in [0.3, 0.4) is 0 Å². The maximum Gasteiger partial charge on any atom is 0.341 e. The first kappa shape index (κ1) is 15.6. The van der Waals surface area contributed by atoms with Gasteiger partial charge in [-0.1, -0.05) is 17.3 Å². The second-order valence-corrected chi connectivity index (χ2v) is 4.66. The Labute approximate surface area is 126 Å². The molecule has 0 saturated heterocycles. The SMILES string of the molecule is Cc1cc(C(=O)NCCc2ccc(OCC(=O)O)cc2)on1. The van der Waals surface area contributed by atoms with Crippen LogP contribution < -0.4 is 10.1 Å². The van der Waals surface area contributed by atoms with Crippen molar-refractivity contribution in [3.05, 3.63) is 47.3 Å². The molecule has 0 aliphatic carbocycles. The summed E-state index contributed by atoms with van der Waals surface area (Å²) in [6, 6.07) is 8.60. The van der Waals surface area contributed by atoms with Crippen molar-refractivity contribution in [1.29, 1.82) is 0 Å². The number of benzene rings is 1. The molecule has 2 aromatic rings. The molecule has 1 aromatic carbocycles. The number of hydrogen-bond donors (Lipinski definition) is 2. The Kier molecular flexibility index (Phi) is 5.13. The summed E-state index contributed by atoms with van der Waals surface area (Å²) < 4.78 is 9.90. The van der Waals surface area contributed by atoms with Crippen LogP contribution in [0.2, 0.25) is 0 Å². The number of ether oxygens (including phenoxy) is 1. The van der Waals surface area contributed by atoms with Crippen LogP contribution in [-0.4, -0.2) is 35.3 Å². The van der Waals surface area contributed by atoms with E-state index in [2.05, 4.69) is 10.5 Å². The molecule has 0 spiro atoms. The molecule has 1 aromatic heterocycles. The van der Waals surface area contributed by atoms with Gasteiger partial charge in [-0.05, 0) is 31.0 Å². The van der Waals surface area contributed by atoms with E-state index in [1.807, 2.05) is 12.1 Å². The summed E-state index contributed by atoms with van der Waals surface area (Å²) in [6.45, 7) is 1.83. The van der Waals surface area contributed by atoms with Gasteiger partial charge in [0.2, 0.25) is 5.76 Å². The number of nitrogens with one attached hydrogen (secondary N) is 1. The van der Waals surface area contributed by atoms with Gasteiger partial charge in [-0.3, -0.25) is 4.79 Å². The molecule has 7 heteroatoms. The van der Waals surface area contributed by atoms with E-state index in [0.29, 0.717) is 24.4 Å². The number of amides is 1. The Bertz CT molecular complexity index is 648. The number of carbonyl (C=O) groups excluding carboxylic acids is 1. The van der Waals surface area contributed by atoms with Crippen molar-refractivity contribution in [3.63, 3.8) is 0 Å². The number of aliphatic carboxylic acids is 1. The number of aryl methyl sites for hydroxylation is 1. The molecule has 116 valence electrons. The maximum absolute atomic E-state index is 11.7.